The van der Waals surface area contributed by atoms with E-state index in [1.54, 1.807) is 11.3 Å². The van der Waals surface area contributed by atoms with E-state index in [9.17, 15) is 0 Å². The molecule has 0 aliphatic rings. The van der Waals surface area contributed by atoms with E-state index >= 15 is 0 Å². The zero-order chi connectivity index (χ0) is 12.1. The zero-order valence-corrected chi connectivity index (χ0v) is 11.8. The summed E-state index contributed by atoms with van der Waals surface area (Å²) in [4.78, 5) is 8.23. The fraction of sp³-hybridized carbons (Fsp3) is 0.750. The largest absolute Gasteiger partial charge is 0.351 e. The normalized spacial score (nSPS) is 12.8. The maximum Gasteiger partial charge on any atom is 0.185 e. The molecular weight excluding hydrogens is 218 g/mol. The van der Waals surface area contributed by atoms with Gasteiger partial charge in [0.25, 0.3) is 0 Å². The van der Waals surface area contributed by atoms with E-state index in [2.05, 4.69) is 43.0 Å². The molecule has 1 atom stereocenters. The Kier molecular flexibility index (Phi) is 5.22. The highest BCUT2D eigenvalue weighted by atomic mass is 32.1. The number of nitrogens with zero attached hydrogens (tertiary/aromatic N) is 2. The number of nitrogens with one attached hydrogen (secondary N) is 1. The molecule has 1 aromatic rings. The molecule has 0 aliphatic heterocycles. The van der Waals surface area contributed by atoms with Gasteiger partial charge in [0.1, 0.15) is 0 Å². The summed E-state index contributed by atoms with van der Waals surface area (Å²) in [6, 6.07) is 0. The second-order valence-corrected chi connectivity index (χ2v) is 5.49. The molecular formula is C12H23N3S. The Morgan fingerprint density at radius 2 is 2.19 bits per heavy atom. The van der Waals surface area contributed by atoms with E-state index in [4.69, 9.17) is 0 Å². The Hall–Kier alpha value is -0.610. The molecule has 0 amide bonds. The minimum atomic E-state index is 0.724. The molecule has 1 unspecified atom stereocenters. The minimum Gasteiger partial charge on any atom is -0.351 e. The molecule has 1 rings (SSSR count). The van der Waals surface area contributed by atoms with Gasteiger partial charge < -0.3 is 10.2 Å². The predicted octanol–water partition coefficient (Wildman–Crippen LogP) is 2.65. The molecule has 92 valence electrons. The van der Waals surface area contributed by atoms with Crippen molar-refractivity contribution in [1.82, 2.24) is 10.3 Å². The quantitative estimate of drug-likeness (QED) is 0.830. The van der Waals surface area contributed by atoms with Crippen LogP contribution in [-0.2, 0) is 6.54 Å². The summed E-state index contributed by atoms with van der Waals surface area (Å²) in [5, 5.41) is 4.32. The number of hydrogen-bond acceptors (Lipinski definition) is 4. The van der Waals surface area contributed by atoms with Crippen LogP contribution in [-0.4, -0.2) is 25.6 Å². The average molecular weight is 241 g/mol. The average Bonchev–Trinajstić information content (AvgIpc) is 2.61. The number of rotatable bonds is 6. The van der Waals surface area contributed by atoms with E-state index in [-0.39, 0.29) is 0 Å². The zero-order valence-electron chi connectivity index (χ0n) is 11.0. The number of anilines is 1. The fourth-order valence-corrected chi connectivity index (χ4v) is 2.62. The van der Waals surface area contributed by atoms with Crippen molar-refractivity contribution < 1.29 is 0 Å². The highest BCUT2D eigenvalue weighted by molar-refractivity contribution is 7.15. The smallest absolute Gasteiger partial charge is 0.185 e. The van der Waals surface area contributed by atoms with Crippen molar-refractivity contribution in [2.75, 3.05) is 25.5 Å². The number of aromatic nitrogens is 1. The van der Waals surface area contributed by atoms with Crippen LogP contribution in [0.2, 0.25) is 0 Å². The molecule has 0 spiro atoms. The van der Waals surface area contributed by atoms with Gasteiger partial charge in [-0.25, -0.2) is 4.98 Å². The summed E-state index contributed by atoms with van der Waals surface area (Å²) in [5.74, 6) is 0.724. The van der Waals surface area contributed by atoms with E-state index in [1.165, 1.54) is 11.3 Å². The lowest BCUT2D eigenvalue weighted by molar-refractivity contribution is 0.559. The van der Waals surface area contributed by atoms with Crippen molar-refractivity contribution in [3.63, 3.8) is 0 Å². The molecule has 1 heterocycles. The van der Waals surface area contributed by atoms with Crippen molar-refractivity contribution in [2.45, 2.75) is 33.7 Å². The van der Waals surface area contributed by atoms with Crippen LogP contribution in [0, 0.1) is 12.8 Å². The predicted molar refractivity (Wildman–Crippen MR) is 72.3 cm³/mol. The van der Waals surface area contributed by atoms with E-state index in [0.717, 1.165) is 29.8 Å². The van der Waals surface area contributed by atoms with Gasteiger partial charge in [-0.3, -0.25) is 0 Å². The topological polar surface area (TPSA) is 28.2 Å². The first-order valence-electron chi connectivity index (χ1n) is 5.90. The molecule has 0 aromatic carbocycles. The van der Waals surface area contributed by atoms with Crippen molar-refractivity contribution >= 4 is 16.5 Å². The third kappa shape index (κ3) is 3.46. The lowest BCUT2D eigenvalue weighted by Crippen LogP contribution is -2.23. The summed E-state index contributed by atoms with van der Waals surface area (Å²) in [6.07, 6.45) is 1.22. The van der Waals surface area contributed by atoms with Crippen molar-refractivity contribution in [2.24, 2.45) is 5.92 Å². The third-order valence-corrected chi connectivity index (χ3v) is 4.10. The van der Waals surface area contributed by atoms with Crippen molar-refractivity contribution in [3.05, 3.63) is 10.6 Å². The maximum atomic E-state index is 4.62. The summed E-state index contributed by atoms with van der Waals surface area (Å²) < 4.78 is 0. The Morgan fingerprint density at radius 1 is 1.50 bits per heavy atom. The van der Waals surface area contributed by atoms with Gasteiger partial charge in [0.2, 0.25) is 0 Å². The van der Waals surface area contributed by atoms with Gasteiger partial charge in [-0.2, -0.15) is 0 Å². The molecule has 16 heavy (non-hydrogen) atoms. The highest BCUT2D eigenvalue weighted by Gasteiger charge is 2.12. The van der Waals surface area contributed by atoms with Gasteiger partial charge in [-0.15, -0.1) is 11.3 Å². The van der Waals surface area contributed by atoms with Crippen LogP contribution in [0.1, 0.15) is 30.8 Å². The third-order valence-electron chi connectivity index (χ3n) is 2.83. The van der Waals surface area contributed by atoms with Crippen LogP contribution in [0.25, 0.3) is 0 Å². The summed E-state index contributed by atoms with van der Waals surface area (Å²) in [5.41, 5.74) is 1.16. The highest BCUT2D eigenvalue weighted by Crippen LogP contribution is 2.25. The van der Waals surface area contributed by atoms with E-state index < -0.39 is 0 Å². The molecule has 0 aliphatic carbocycles. The van der Waals surface area contributed by atoms with Gasteiger partial charge in [-0.1, -0.05) is 20.3 Å². The maximum absolute atomic E-state index is 4.62. The lowest BCUT2D eigenvalue weighted by atomic mass is 10.1. The van der Waals surface area contributed by atoms with E-state index in [0.29, 0.717) is 0 Å². The summed E-state index contributed by atoms with van der Waals surface area (Å²) >= 11 is 1.80. The first kappa shape index (κ1) is 13.5. The molecule has 0 radical (unpaired) electrons. The first-order valence-corrected chi connectivity index (χ1v) is 6.72. The Labute approximate surface area is 103 Å². The fourth-order valence-electron chi connectivity index (χ4n) is 1.58. The molecule has 3 nitrogen and oxygen atoms in total. The van der Waals surface area contributed by atoms with Crippen molar-refractivity contribution in [3.8, 4) is 0 Å². The molecule has 4 heteroatoms. The van der Waals surface area contributed by atoms with Gasteiger partial charge in [0.15, 0.2) is 5.13 Å². The summed E-state index contributed by atoms with van der Waals surface area (Å²) in [7, 11) is 4.11. The Bertz CT molecular complexity index is 322. The van der Waals surface area contributed by atoms with Crippen LogP contribution in [0.4, 0.5) is 5.13 Å². The van der Waals surface area contributed by atoms with Crippen LogP contribution in [0.3, 0.4) is 0 Å². The number of thiazole rings is 1. The van der Waals surface area contributed by atoms with Crippen LogP contribution in [0.5, 0.6) is 0 Å². The molecule has 1 aromatic heterocycles. The summed E-state index contributed by atoms with van der Waals surface area (Å²) in [6.45, 7) is 8.61. The van der Waals surface area contributed by atoms with Crippen LogP contribution >= 0.6 is 11.3 Å². The monoisotopic (exact) mass is 241 g/mol. The van der Waals surface area contributed by atoms with Gasteiger partial charge in [-0.05, 0) is 19.9 Å². The molecule has 1 N–H and O–H groups in total. The first-order chi connectivity index (χ1) is 7.58. The SMILES string of the molecule is CCC(C)CN(C)c1nc(C)c(CNC)s1. The minimum absolute atomic E-state index is 0.724. The van der Waals surface area contributed by atoms with Crippen molar-refractivity contribution in [1.29, 1.82) is 0 Å². The van der Waals surface area contributed by atoms with Gasteiger partial charge in [0, 0.05) is 25.0 Å². The standard InChI is InChI=1S/C12H23N3S/c1-6-9(2)8-15(5)12-14-10(3)11(16-12)7-13-4/h9,13H,6-8H2,1-5H3. The molecule has 0 fully saturated rings. The van der Waals surface area contributed by atoms with E-state index in [1.807, 2.05) is 7.05 Å². The second kappa shape index (κ2) is 6.21. The Balaban J connectivity index is 2.68. The lowest BCUT2D eigenvalue weighted by Gasteiger charge is -2.19. The van der Waals surface area contributed by atoms with Gasteiger partial charge in [0.05, 0.1) is 5.69 Å². The number of hydrogen-bond donors (Lipinski definition) is 1. The number of aryl methyl sites for hydroxylation is 1. The molecule has 0 saturated carbocycles. The van der Waals surface area contributed by atoms with Gasteiger partial charge >= 0.3 is 0 Å². The molecule has 0 saturated heterocycles. The van der Waals surface area contributed by atoms with Crippen LogP contribution in [0.15, 0.2) is 0 Å². The molecule has 0 bridgehead atoms. The second-order valence-electron chi connectivity index (χ2n) is 4.43. The Morgan fingerprint density at radius 3 is 2.75 bits per heavy atom. The van der Waals surface area contributed by atoms with Crippen LogP contribution < -0.4 is 10.2 Å².